The molecule has 1 aromatic heterocycles. The van der Waals surface area contributed by atoms with E-state index >= 15 is 0 Å². The third-order valence-corrected chi connectivity index (χ3v) is 5.61. The van der Waals surface area contributed by atoms with E-state index in [0.29, 0.717) is 26.0 Å². The Morgan fingerprint density at radius 2 is 1.70 bits per heavy atom. The number of aromatic nitrogens is 2. The number of nitrogens with one attached hydrogen (secondary N) is 2. The van der Waals surface area contributed by atoms with E-state index in [0.717, 1.165) is 5.56 Å². The lowest BCUT2D eigenvalue weighted by atomic mass is 10.2. The summed E-state index contributed by atoms with van der Waals surface area (Å²) >= 11 is 6.74. The predicted molar refractivity (Wildman–Crippen MR) is 85.4 cm³/mol. The van der Waals surface area contributed by atoms with E-state index in [-0.39, 0.29) is 4.90 Å². The summed E-state index contributed by atoms with van der Waals surface area (Å²) in [6, 6.07) is 3.69. The number of nitrogens with zero attached hydrogens (tertiary/aromatic N) is 1. The van der Waals surface area contributed by atoms with Crippen molar-refractivity contribution in [2.75, 3.05) is 4.72 Å². The second-order valence-corrected chi connectivity index (χ2v) is 7.80. The highest BCUT2D eigenvalue weighted by Crippen LogP contribution is 2.34. The van der Waals surface area contributed by atoms with Gasteiger partial charge in [-0.05, 0) is 70.3 Å². The third kappa shape index (κ3) is 2.91. The van der Waals surface area contributed by atoms with E-state index in [4.69, 9.17) is 0 Å². The number of aryl methyl sites for hydroxylation is 3. The van der Waals surface area contributed by atoms with Crippen molar-refractivity contribution in [1.29, 1.82) is 0 Å². The van der Waals surface area contributed by atoms with Gasteiger partial charge in [0.2, 0.25) is 0 Å². The largest absolute Gasteiger partial charge is 0.281 e. The average molecular weight is 423 g/mol. The third-order valence-electron chi connectivity index (χ3n) is 2.75. The number of sulfonamides is 1. The molecule has 0 saturated heterocycles. The Morgan fingerprint density at radius 3 is 2.15 bits per heavy atom. The first-order valence-electron chi connectivity index (χ1n) is 5.72. The second-order valence-electron chi connectivity index (χ2n) is 4.47. The second kappa shape index (κ2) is 5.50. The van der Waals surface area contributed by atoms with Crippen LogP contribution < -0.4 is 4.72 Å². The molecule has 2 rings (SSSR count). The van der Waals surface area contributed by atoms with E-state index in [1.807, 2.05) is 19.1 Å². The monoisotopic (exact) mass is 421 g/mol. The van der Waals surface area contributed by atoms with Crippen LogP contribution in [0.15, 0.2) is 26.0 Å². The zero-order chi connectivity index (χ0) is 15.1. The van der Waals surface area contributed by atoms with Crippen LogP contribution in [0.4, 0.5) is 5.69 Å². The predicted octanol–water partition coefficient (Wildman–Crippen LogP) is 3.66. The molecule has 0 spiro atoms. The van der Waals surface area contributed by atoms with Crippen LogP contribution in [0.2, 0.25) is 0 Å². The van der Waals surface area contributed by atoms with Gasteiger partial charge in [0, 0.05) is 8.95 Å². The summed E-state index contributed by atoms with van der Waals surface area (Å²) in [5.41, 5.74) is 2.43. The van der Waals surface area contributed by atoms with E-state index in [1.165, 1.54) is 0 Å². The molecule has 108 valence electrons. The maximum Gasteiger partial charge on any atom is 0.265 e. The van der Waals surface area contributed by atoms with Gasteiger partial charge in [-0.1, -0.05) is 0 Å². The summed E-state index contributed by atoms with van der Waals surface area (Å²) in [5, 5.41) is 6.59. The van der Waals surface area contributed by atoms with Gasteiger partial charge in [0.25, 0.3) is 10.0 Å². The molecule has 0 fully saturated rings. The van der Waals surface area contributed by atoms with Crippen molar-refractivity contribution in [2.24, 2.45) is 0 Å². The molecule has 0 aliphatic rings. The minimum absolute atomic E-state index is 0.178. The Balaban J connectivity index is 2.50. The Labute approximate surface area is 134 Å². The zero-order valence-electron chi connectivity index (χ0n) is 11.1. The van der Waals surface area contributed by atoms with Crippen LogP contribution in [0, 0.1) is 20.8 Å². The van der Waals surface area contributed by atoms with Crippen LogP contribution in [0.25, 0.3) is 0 Å². The molecule has 0 radical (unpaired) electrons. The van der Waals surface area contributed by atoms with Crippen molar-refractivity contribution in [3.8, 4) is 0 Å². The molecule has 0 amide bonds. The normalized spacial score (nSPS) is 11.7. The number of anilines is 1. The van der Waals surface area contributed by atoms with E-state index in [9.17, 15) is 8.42 Å². The fraction of sp³-hybridized carbons (Fsp3) is 0.250. The maximum absolute atomic E-state index is 12.5. The van der Waals surface area contributed by atoms with Gasteiger partial charge in [-0.2, -0.15) is 5.10 Å². The van der Waals surface area contributed by atoms with Crippen molar-refractivity contribution >= 4 is 47.6 Å². The molecule has 0 saturated carbocycles. The molecule has 0 aliphatic carbocycles. The van der Waals surface area contributed by atoms with Gasteiger partial charge in [-0.25, -0.2) is 8.42 Å². The Kier molecular flexibility index (Phi) is 4.27. The summed E-state index contributed by atoms with van der Waals surface area (Å²) < 4.78 is 28.9. The summed E-state index contributed by atoms with van der Waals surface area (Å²) in [6.45, 7) is 5.25. The number of rotatable bonds is 3. The van der Waals surface area contributed by atoms with E-state index in [2.05, 4.69) is 46.8 Å². The number of halogens is 2. The molecule has 0 bridgehead atoms. The van der Waals surface area contributed by atoms with Gasteiger partial charge >= 0.3 is 0 Å². The molecule has 20 heavy (non-hydrogen) atoms. The fourth-order valence-electron chi connectivity index (χ4n) is 1.92. The fourth-order valence-corrected chi connectivity index (χ4v) is 5.27. The molecule has 0 unspecified atom stereocenters. The minimum atomic E-state index is -3.69. The highest BCUT2D eigenvalue weighted by molar-refractivity contribution is 9.11. The number of hydrogen-bond donors (Lipinski definition) is 2. The Bertz CT molecular complexity index is 726. The Morgan fingerprint density at radius 1 is 1.15 bits per heavy atom. The van der Waals surface area contributed by atoms with Gasteiger partial charge in [-0.3, -0.25) is 9.82 Å². The highest BCUT2D eigenvalue weighted by Gasteiger charge is 2.24. The molecule has 2 aromatic rings. The summed E-state index contributed by atoms with van der Waals surface area (Å²) in [4.78, 5) is 0.178. The topological polar surface area (TPSA) is 74.8 Å². The first-order chi connectivity index (χ1) is 9.22. The van der Waals surface area contributed by atoms with Gasteiger partial charge < -0.3 is 0 Å². The molecule has 2 N–H and O–H groups in total. The van der Waals surface area contributed by atoms with Crippen LogP contribution in [0.1, 0.15) is 17.0 Å². The molecule has 8 heteroatoms. The van der Waals surface area contributed by atoms with E-state index < -0.39 is 10.0 Å². The van der Waals surface area contributed by atoms with Crippen molar-refractivity contribution in [3.05, 3.63) is 38.0 Å². The Hall–Kier alpha value is -0.860. The minimum Gasteiger partial charge on any atom is -0.281 e. The summed E-state index contributed by atoms with van der Waals surface area (Å²) in [5.74, 6) is 0. The number of aromatic amines is 1. The van der Waals surface area contributed by atoms with Crippen LogP contribution >= 0.6 is 31.9 Å². The molecular formula is C12H13Br2N3O2S. The average Bonchev–Trinajstić information content (AvgIpc) is 2.64. The molecule has 1 heterocycles. The van der Waals surface area contributed by atoms with Crippen LogP contribution in [0.3, 0.4) is 0 Å². The van der Waals surface area contributed by atoms with E-state index in [1.54, 1.807) is 13.8 Å². The molecule has 0 atom stereocenters. The first-order valence-corrected chi connectivity index (χ1v) is 8.79. The van der Waals surface area contributed by atoms with Gasteiger partial charge in [0.05, 0.1) is 17.1 Å². The molecule has 5 nitrogen and oxygen atoms in total. The lowest BCUT2D eigenvalue weighted by Crippen LogP contribution is -2.15. The lowest BCUT2D eigenvalue weighted by Gasteiger charge is -2.12. The van der Waals surface area contributed by atoms with Crippen LogP contribution in [0.5, 0.6) is 0 Å². The van der Waals surface area contributed by atoms with Crippen LogP contribution in [-0.2, 0) is 10.0 Å². The lowest BCUT2D eigenvalue weighted by molar-refractivity contribution is 0.600. The smallest absolute Gasteiger partial charge is 0.265 e. The van der Waals surface area contributed by atoms with Gasteiger partial charge in [0.15, 0.2) is 0 Å². The first kappa shape index (κ1) is 15.5. The number of hydrogen-bond acceptors (Lipinski definition) is 3. The van der Waals surface area contributed by atoms with Gasteiger partial charge in [-0.15, -0.1) is 0 Å². The molecule has 0 aliphatic heterocycles. The standard InChI is InChI=1S/C12H13Br2N3O2S/c1-6-4-9(13)11(10(14)5-6)17-20(18,19)12-7(2)15-16-8(12)3/h4-5,17H,1-3H3,(H,15,16). The number of H-pyrrole nitrogens is 1. The van der Waals surface area contributed by atoms with Crippen molar-refractivity contribution in [2.45, 2.75) is 25.7 Å². The maximum atomic E-state index is 12.5. The quantitative estimate of drug-likeness (QED) is 0.792. The SMILES string of the molecule is Cc1cc(Br)c(NS(=O)(=O)c2c(C)n[nH]c2C)c(Br)c1. The summed E-state index contributed by atoms with van der Waals surface area (Å²) in [7, 11) is -3.69. The summed E-state index contributed by atoms with van der Waals surface area (Å²) in [6.07, 6.45) is 0. The van der Waals surface area contributed by atoms with Crippen molar-refractivity contribution in [1.82, 2.24) is 10.2 Å². The van der Waals surface area contributed by atoms with Gasteiger partial charge in [0.1, 0.15) is 4.90 Å². The number of benzene rings is 1. The molecule has 1 aromatic carbocycles. The highest BCUT2D eigenvalue weighted by atomic mass is 79.9. The zero-order valence-corrected chi connectivity index (χ0v) is 15.1. The molecular weight excluding hydrogens is 410 g/mol. The van der Waals surface area contributed by atoms with Crippen molar-refractivity contribution < 1.29 is 8.42 Å². The van der Waals surface area contributed by atoms with Crippen LogP contribution in [-0.4, -0.2) is 18.6 Å². The van der Waals surface area contributed by atoms with Crippen molar-refractivity contribution in [3.63, 3.8) is 0 Å².